The van der Waals surface area contributed by atoms with E-state index in [1.54, 1.807) is 5.10 Å². The number of hydrogen-bond donors (Lipinski definition) is 1. The lowest BCUT2D eigenvalue weighted by Gasteiger charge is -2.00. The molecule has 1 rings (SSSR count). The van der Waals surface area contributed by atoms with E-state index in [4.69, 9.17) is 0 Å². The standard InChI is InChI=1S/C6H8F3N2OP/c1-13(2,12)5-3-4(10-11-5)6(7,8)9/h3H,1-2H3,(H,10,11). The second-order valence-electron chi connectivity index (χ2n) is 2.99. The van der Waals surface area contributed by atoms with Crippen molar-refractivity contribution in [2.45, 2.75) is 6.18 Å². The molecule has 1 aromatic rings. The average Bonchev–Trinajstić information content (AvgIpc) is 2.28. The molecular weight excluding hydrogens is 204 g/mol. The zero-order valence-electron chi connectivity index (χ0n) is 7.01. The van der Waals surface area contributed by atoms with Crippen LogP contribution < -0.4 is 5.44 Å². The highest BCUT2D eigenvalue weighted by atomic mass is 31.2. The van der Waals surface area contributed by atoms with Crippen LogP contribution in [-0.2, 0) is 10.7 Å². The van der Waals surface area contributed by atoms with Gasteiger partial charge in [-0.25, -0.2) is 0 Å². The average molecular weight is 212 g/mol. The summed E-state index contributed by atoms with van der Waals surface area (Å²) >= 11 is 0. The largest absolute Gasteiger partial charge is 0.432 e. The van der Waals surface area contributed by atoms with E-state index < -0.39 is 19.0 Å². The molecule has 0 aromatic carbocycles. The van der Waals surface area contributed by atoms with Crippen LogP contribution in [0, 0.1) is 0 Å². The first-order valence-electron chi connectivity index (χ1n) is 3.39. The molecular formula is C6H8F3N2OP. The highest BCUT2D eigenvalue weighted by Gasteiger charge is 2.34. The highest BCUT2D eigenvalue weighted by molar-refractivity contribution is 7.69. The Morgan fingerprint density at radius 3 is 2.23 bits per heavy atom. The molecule has 0 spiro atoms. The first-order valence-corrected chi connectivity index (χ1v) is 5.99. The Hall–Kier alpha value is -0.770. The molecule has 0 saturated carbocycles. The fourth-order valence-electron chi connectivity index (χ4n) is 0.732. The Bertz CT molecular complexity index is 351. The van der Waals surface area contributed by atoms with Gasteiger partial charge in [-0.3, -0.25) is 5.10 Å². The van der Waals surface area contributed by atoms with Gasteiger partial charge in [-0.1, -0.05) is 0 Å². The maximum atomic E-state index is 12.0. The zero-order valence-corrected chi connectivity index (χ0v) is 7.91. The molecule has 1 aromatic heterocycles. The van der Waals surface area contributed by atoms with Gasteiger partial charge in [0.05, 0.1) is 0 Å². The van der Waals surface area contributed by atoms with Gasteiger partial charge in [0.1, 0.15) is 18.3 Å². The van der Waals surface area contributed by atoms with E-state index in [1.165, 1.54) is 13.3 Å². The van der Waals surface area contributed by atoms with Gasteiger partial charge in [0.15, 0.2) is 0 Å². The van der Waals surface area contributed by atoms with Crippen molar-refractivity contribution in [3.8, 4) is 0 Å². The van der Waals surface area contributed by atoms with Crippen LogP contribution in [0.1, 0.15) is 5.69 Å². The molecule has 7 heteroatoms. The summed E-state index contributed by atoms with van der Waals surface area (Å²) in [6, 6.07) is 0.779. The third kappa shape index (κ3) is 2.34. The van der Waals surface area contributed by atoms with Crippen LogP contribution in [0.4, 0.5) is 13.2 Å². The molecule has 1 heterocycles. The summed E-state index contributed by atoms with van der Waals surface area (Å²) < 4.78 is 47.4. The monoisotopic (exact) mass is 212 g/mol. The molecule has 0 unspecified atom stereocenters. The lowest BCUT2D eigenvalue weighted by atomic mass is 10.4. The number of aromatic amines is 1. The van der Waals surface area contributed by atoms with Crippen molar-refractivity contribution in [3.05, 3.63) is 11.8 Å². The SMILES string of the molecule is CP(C)(=O)c1cc(C(F)(F)F)[nH]n1. The van der Waals surface area contributed by atoms with Crippen molar-refractivity contribution in [2.75, 3.05) is 13.3 Å². The molecule has 0 radical (unpaired) electrons. The van der Waals surface area contributed by atoms with Crippen molar-refractivity contribution >= 4 is 12.6 Å². The van der Waals surface area contributed by atoms with E-state index in [9.17, 15) is 17.7 Å². The summed E-state index contributed by atoms with van der Waals surface area (Å²) in [7, 11) is -2.71. The quantitative estimate of drug-likeness (QED) is 0.719. The molecule has 1 N–H and O–H groups in total. The Balaban J connectivity index is 3.08. The van der Waals surface area contributed by atoms with E-state index in [-0.39, 0.29) is 5.44 Å². The smallest absolute Gasteiger partial charge is 0.318 e. The molecule has 13 heavy (non-hydrogen) atoms. The minimum atomic E-state index is -4.46. The van der Waals surface area contributed by atoms with Crippen LogP contribution in [0.3, 0.4) is 0 Å². The third-order valence-corrected chi connectivity index (χ3v) is 2.75. The van der Waals surface area contributed by atoms with Crippen molar-refractivity contribution in [3.63, 3.8) is 0 Å². The molecule has 0 fully saturated rings. The van der Waals surface area contributed by atoms with Gasteiger partial charge in [-0.15, -0.1) is 0 Å². The second kappa shape index (κ2) is 2.87. The van der Waals surface area contributed by atoms with Crippen LogP contribution >= 0.6 is 7.14 Å². The number of H-pyrrole nitrogens is 1. The van der Waals surface area contributed by atoms with Crippen molar-refractivity contribution in [1.29, 1.82) is 0 Å². The van der Waals surface area contributed by atoms with Crippen LogP contribution in [0.5, 0.6) is 0 Å². The van der Waals surface area contributed by atoms with Gasteiger partial charge in [0.2, 0.25) is 0 Å². The van der Waals surface area contributed by atoms with Gasteiger partial charge in [-0.05, 0) is 19.4 Å². The molecule has 0 atom stereocenters. The molecule has 0 saturated heterocycles. The predicted octanol–water partition coefficient (Wildman–Crippen LogP) is 1.68. The molecule has 0 aliphatic heterocycles. The van der Waals surface area contributed by atoms with Crippen molar-refractivity contribution < 1.29 is 17.7 Å². The molecule has 0 bridgehead atoms. The lowest BCUT2D eigenvalue weighted by Crippen LogP contribution is -2.05. The van der Waals surface area contributed by atoms with Gasteiger partial charge < -0.3 is 4.57 Å². The number of rotatable bonds is 1. The predicted molar refractivity (Wildman–Crippen MR) is 42.7 cm³/mol. The fraction of sp³-hybridized carbons (Fsp3) is 0.500. The second-order valence-corrected chi connectivity index (χ2v) is 6.15. The fourth-order valence-corrected chi connectivity index (χ4v) is 1.46. The lowest BCUT2D eigenvalue weighted by molar-refractivity contribution is -0.141. The van der Waals surface area contributed by atoms with Gasteiger partial charge in [-0.2, -0.15) is 18.3 Å². The maximum Gasteiger partial charge on any atom is 0.432 e. The topological polar surface area (TPSA) is 45.8 Å². The van der Waals surface area contributed by atoms with Crippen molar-refractivity contribution in [2.24, 2.45) is 0 Å². The van der Waals surface area contributed by atoms with E-state index >= 15 is 0 Å². The number of halogens is 3. The minimum Gasteiger partial charge on any atom is -0.318 e. The number of nitrogens with zero attached hydrogens (tertiary/aromatic N) is 1. The number of nitrogens with one attached hydrogen (secondary N) is 1. The number of aromatic nitrogens is 2. The van der Waals surface area contributed by atoms with E-state index in [0.717, 1.165) is 6.07 Å². The number of hydrogen-bond acceptors (Lipinski definition) is 2. The van der Waals surface area contributed by atoms with Crippen LogP contribution in [0.15, 0.2) is 6.07 Å². The maximum absolute atomic E-state index is 12.0. The molecule has 74 valence electrons. The molecule has 3 nitrogen and oxygen atoms in total. The minimum absolute atomic E-state index is 0.0279. The summed E-state index contributed by atoms with van der Waals surface area (Å²) in [5.41, 5.74) is -0.994. The Morgan fingerprint density at radius 1 is 1.46 bits per heavy atom. The van der Waals surface area contributed by atoms with Gasteiger partial charge >= 0.3 is 6.18 Å². The Kier molecular flexibility index (Phi) is 2.28. The third-order valence-electron chi connectivity index (χ3n) is 1.42. The molecule has 0 amide bonds. The first kappa shape index (κ1) is 10.3. The number of alkyl halides is 3. The van der Waals surface area contributed by atoms with E-state index in [1.807, 2.05) is 0 Å². The molecule has 0 aliphatic rings. The van der Waals surface area contributed by atoms with E-state index in [0.29, 0.717) is 0 Å². The van der Waals surface area contributed by atoms with Crippen molar-refractivity contribution in [1.82, 2.24) is 10.2 Å². The zero-order chi connectivity index (χ0) is 10.3. The summed E-state index contributed by atoms with van der Waals surface area (Å²) in [4.78, 5) is 0. The summed E-state index contributed by atoms with van der Waals surface area (Å²) in [5, 5.41) is 5.15. The normalized spacial score (nSPS) is 13.3. The van der Waals surface area contributed by atoms with E-state index in [2.05, 4.69) is 5.10 Å². The molecule has 0 aliphatic carbocycles. The summed E-state index contributed by atoms with van der Waals surface area (Å²) in [6.45, 7) is 2.73. The van der Waals surface area contributed by atoms with Gasteiger partial charge in [0.25, 0.3) is 0 Å². The highest BCUT2D eigenvalue weighted by Crippen LogP contribution is 2.35. The first-order chi connectivity index (χ1) is 5.71. The Labute approximate surface area is 72.7 Å². The van der Waals surface area contributed by atoms with Crippen LogP contribution in [-0.4, -0.2) is 23.5 Å². The summed E-state index contributed by atoms with van der Waals surface area (Å²) in [6.07, 6.45) is -4.46. The van der Waals surface area contributed by atoms with Crippen LogP contribution in [0.25, 0.3) is 0 Å². The van der Waals surface area contributed by atoms with Gasteiger partial charge in [0, 0.05) is 0 Å². The van der Waals surface area contributed by atoms with Crippen LogP contribution in [0.2, 0.25) is 0 Å². The Morgan fingerprint density at radius 2 is 2.00 bits per heavy atom. The summed E-state index contributed by atoms with van der Waals surface area (Å²) in [5.74, 6) is 0.